The predicted octanol–water partition coefficient (Wildman–Crippen LogP) is 2.72. The Morgan fingerprint density at radius 1 is 1.12 bits per heavy atom. The SMILES string of the molecule is COc1ccc(C(CC(=O)NCc2ccccc2F)NC(C)=O)cc1. The second-order valence-corrected chi connectivity index (χ2v) is 5.60. The average molecular weight is 344 g/mol. The van der Waals surface area contributed by atoms with Gasteiger partial charge in [0.2, 0.25) is 11.8 Å². The summed E-state index contributed by atoms with van der Waals surface area (Å²) in [7, 11) is 1.57. The number of nitrogens with one attached hydrogen (secondary N) is 2. The van der Waals surface area contributed by atoms with Crippen LogP contribution >= 0.6 is 0 Å². The van der Waals surface area contributed by atoms with Crippen molar-refractivity contribution in [3.05, 3.63) is 65.5 Å². The summed E-state index contributed by atoms with van der Waals surface area (Å²) in [5, 5.41) is 5.44. The van der Waals surface area contributed by atoms with Crippen LogP contribution in [0.25, 0.3) is 0 Å². The number of carbonyl (C=O) groups is 2. The molecule has 0 aliphatic heterocycles. The van der Waals surface area contributed by atoms with Crippen LogP contribution in [0.2, 0.25) is 0 Å². The van der Waals surface area contributed by atoms with Crippen LogP contribution in [0.3, 0.4) is 0 Å². The lowest BCUT2D eigenvalue weighted by Crippen LogP contribution is -2.32. The van der Waals surface area contributed by atoms with Gasteiger partial charge >= 0.3 is 0 Å². The largest absolute Gasteiger partial charge is 0.497 e. The molecule has 2 rings (SSSR count). The van der Waals surface area contributed by atoms with E-state index in [-0.39, 0.29) is 30.6 Å². The van der Waals surface area contributed by atoms with E-state index in [0.717, 1.165) is 5.56 Å². The van der Waals surface area contributed by atoms with Gasteiger partial charge in [0.1, 0.15) is 11.6 Å². The fourth-order valence-electron chi connectivity index (χ4n) is 2.43. The lowest BCUT2D eigenvalue weighted by atomic mass is 10.0. The molecule has 1 unspecified atom stereocenters. The van der Waals surface area contributed by atoms with Crippen LogP contribution in [-0.2, 0) is 16.1 Å². The third kappa shape index (κ3) is 5.60. The van der Waals surface area contributed by atoms with Crippen molar-refractivity contribution < 1.29 is 18.7 Å². The first-order chi connectivity index (χ1) is 12.0. The Bertz CT molecular complexity index is 732. The highest BCUT2D eigenvalue weighted by atomic mass is 19.1. The molecule has 2 amide bonds. The van der Waals surface area contributed by atoms with Crippen LogP contribution in [0.1, 0.15) is 30.5 Å². The first-order valence-electron chi connectivity index (χ1n) is 7.90. The van der Waals surface area contributed by atoms with E-state index < -0.39 is 6.04 Å². The van der Waals surface area contributed by atoms with Crippen molar-refractivity contribution in [3.8, 4) is 5.75 Å². The number of benzene rings is 2. The van der Waals surface area contributed by atoms with Crippen LogP contribution in [0.5, 0.6) is 5.75 Å². The summed E-state index contributed by atoms with van der Waals surface area (Å²) in [6, 6.07) is 12.9. The summed E-state index contributed by atoms with van der Waals surface area (Å²) < 4.78 is 18.7. The Kier molecular flexibility index (Phi) is 6.51. The van der Waals surface area contributed by atoms with Gasteiger partial charge in [-0.3, -0.25) is 9.59 Å². The van der Waals surface area contributed by atoms with Crippen molar-refractivity contribution in [1.82, 2.24) is 10.6 Å². The molecule has 5 nitrogen and oxygen atoms in total. The van der Waals surface area contributed by atoms with Crippen molar-refractivity contribution in [2.24, 2.45) is 0 Å². The minimum Gasteiger partial charge on any atom is -0.497 e. The molecule has 6 heteroatoms. The topological polar surface area (TPSA) is 67.4 Å². The van der Waals surface area contributed by atoms with Crippen LogP contribution in [0.15, 0.2) is 48.5 Å². The summed E-state index contributed by atoms with van der Waals surface area (Å²) in [6.45, 7) is 1.49. The standard InChI is InChI=1S/C19H21FN2O3/c1-13(23)22-18(14-7-9-16(25-2)10-8-14)11-19(24)21-12-15-5-3-4-6-17(15)20/h3-10,18H,11-12H2,1-2H3,(H,21,24)(H,22,23). The maximum Gasteiger partial charge on any atom is 0.222 e. The van der Waals surface area contributed by atoms with Gasteiger partial charge in [0, 0.05) is 19.0 Å². The normalized spacial score (nSPS) is 11.5. The molecule has 0 aromatic heterocycles. The van der Waals surface area contributed by atoms with Crippen molar-refractivity contribution in [2.45, 2.75) is 25.9 Å². The lowest BCUT2D eigenvalue weighted by Gasteiger charge is -2.18. The highest BCUT2D eigenvalue weighted by molar-refractivity contribution is 5.79. The number of halogens is 1. The molecule has 0 fully saturated rings. The highest BCUT2D eigenvalue weighted by Gasteiger charge is 2.17. The third-order valence-electron chi connectivity index (χ3n) is 3.72. The summed E-state index contributed by atoms with van der Waals surface area (Å²) in [6.07, 6.45) is 0.0559. The Balaban J connectivity index is 2.01. The van der Waals surface area contributed by atoms with Crippen LogP contribution in [0.4, 0.5) is 4.39 Å². The zero-order valence-corrected chi connectivity index (χ0v) is 14.2. The first kappa shape index (κ1) is 18.4. The number of hydrogen-bond donors (Lipinski definition) is 2. The maximum absolute atomic E-state index is 13.6. The number of carbonyl (C=O) groups excluding carboxylic acids is 2. The number of ether oxygens (including phenoxy) is 1. The lowest BCUT2D eigenvalue weighted by molar-refractivity contribution is -0.122. The highest BCUT2D eigenvalue weighted by Crippen LogP contribution is 2.20. The van der Waals surface area contributed by atoms with Crippen LogP contribution in [-0.4, -0.2) is 18.9 Å². The van der Waals surface area contributed by atoms with E-state index in [2.05, 4.69) is 10.6 Å². The molecule has 0 bridgehead atoms. The van der Waals surface area contributed by atoms with Crippen LogP contribution < -0.4 is 15.4 Å². The van der Waals surface area contributed by atoms with E-state index in [1.165, 1.54) is 13.0 Å². The Morgan fingerprint density at radius 2 is 1.80 bits per heavy atom. The summed E-state index contributed by atoms with van der Waals surface area (Å²) in [4.78, 5) is 23.6. The molecule has 0 radical (unpaired) electrons. The van der Waals surface area contributed by atoms with Gasteiger partial charge < -0.3 is 15.4 Å². The minimum atomic E-state index is -0.468. The molecule has 2 aromatic rings. The number of hydrogen-bond acceptors (Lipinski definition) is 3. The second-order valence-electron chi connectivity index (χ2n) is 5.60. The molecular weight excluding hydrogens is 323 g/mol. The predicted molar refractivity (Wildman–Crippen MR) is 92.4 cm³/mol. The third-order valence-corrected chi connectivity index (χ3v) is 3.72. The fraction of sp³-hybridized carbons (Fsp3) is 0.263. The first-order valence-corrected chi connectivity index (χ1v) is 7.90. The van der Waals surface area contributed by atoms with Crippen LogP contribution in [0, 0.1) is 5.82 Å². The molecule has 0 aliphatic rings. The number of amides is 2. The summed E-state index contributed by atoms with van der Waals surface area (Å²) >= 11 is 0. The molecule has 0 aliphatic carbocycles. The van der Waals surface area contributed by atoms with Gasteiger partial charge in [-0.2, -0.15) is 0 Å². The molecule has 132 valence electrons. The number of methoxy groups -OCH3 is 1. The fourth-order valence-corrected chi connectivity index (χ4v) is 2.43. The van der Waals surface area contributed by atoms with Gasteiger partial charge in [0.15, 0.2) is 0 Å². The van der Waals surface area contributed by atoms with Crippen molar-refractivity contribution in [3.63, 3.8) is 0 Å². The zero-order valence-electron chi connectivity index (χ0n) is 14.2. The van der Waals surface area contributed by atoms with E-state index in [1.54, 1.807) is 49.6 Å². The van der Waals surface area contributed by atoms with E-state index >= 15 is 0 Å². The Morgan fingerprint density at radius 3 is 2.40 bits per heavy atom. The molecule has 1 atom stereocenters. The molecule has 2 aromatic carbocycles. The zero-order chi connectivity index (χ0) is 18.2. The van der Waals surface area contributed by atoms with E-state index in [0.29, 0.717) is 11.3 Å². The van der Waals surface area contributed by atoms with E-state index in [1.807, 2.05) is 0 Å². The molecule has 0 saturated heterocycles. The maximum atomic E-state index is 13.6. The van der Waals surface area contributed by atoms with Gasteiger partial charge in [-0.25, -0.2) is 4.39 Å². The van der Waals surface area contributed by atoms with Gasteiger partial charge in [0.25, 0.3) is 0 Å². The van der Waals surface area contributed by atoms with E-state index in [4.69, 9.17) is 4.74 Å². The molecule has 0 saturated carbocycles. The molecule has 2 N–H and O–H groups in total. The molecule has 25 heavy (non-hydrogen) atoms. The van der Waals surface area contributed by atoms with Gasteiger partial charge in [-0.1, -0.05) is 30.3 Å². The van der Waals surface area contributed by atoms with Crippen molar-refractivity contribution in [1.29, 1.82) is 0 Å². The van der Waals surface area contributed by atoms with Gasteiger partial charge in [-0.05, 0) is 23.8 Å². The Labute approximate surface area is 146 Å². The van der Waals surface area contributed by atoms with E-state index in [9.17, 15) is 14.0 Å². The molecule has 0 heterocycles. The summed E-state index contributed by atoms with van der Waals surface area (Å²) in [5.74, 6) is -0.189. The molecular formula is C19H21FN2O3. The number of rotatable bonds is 7. The summed E-state index contributed by atoms with van der Waals surface area (Å²) in [5.41, 5.74) is 1.20. The van der Waals surface area contributed by atoms with Crippen molar-refractivity contribution >= 4 is 11.8 Å². The van der Waals surface area contributed by atoms with Crippen molar-refractivity contribution in [2.75, 3.05) is 7.11 Å². The monoisotopic (exact) mass is 344 g/mol. The minimum absolute atomic E-state index is 0.0559. The smallest absolute Gasteiger partial charge is 0.222 e. The Hall–Kier alpha value is -2.89. The second kappa shape index (κ2) is 8.82. The molecule has 0 spiro atoms. The average Bonchev–Trinajstić information content (AvgIpc) is 2.60. The quantitative estimate of drug-likeness (QED) is 0.811. The van der Waals surface area contributed by atoms with Gasteiger partial charge in [-0.15, -0.1) is 0 Å². The van der Waals surface area contributed by atoms with Gasteiger partial charge in [0.05, 0.1) is 19.6 Å².